The van der Waals surface area contributed by atoms with E-state index < -0.39 is 0 Å². The molecule has 17 heavy (non-hydrogen) atoms. The van der Waals surface area contributed by atoms with Crippen molar-refractivity contribution in [2.45, 2.75) is 25.8 Å². The fraction of sp³-hybridized carbons (Fsp3) is 0.571. The van der Waals surface area contributed by atoms with E-state index in [0.717, 1.165) is 25.9 Å². The molecular weight excluding hydrogens is 212 g/mol. The predicted molar refractivity (Wildman–Crippen MR) is 71.1 cm³/mol. The zero-order valence-electron chi connectivity index (χ0n) is 10.5. The molecule has 0 saturated carbocycles. The summed E-state index contributed by atoms with van der Waals surface area (Å²) in [5.74, 6) is 0.303. The molecule has 0 saturated heterocycles. The molecule has 0 aliphatic carbocycles. The lowest BCUT2D eigenvalue weighted by Crippen LogP contribution is -2.30. The lowest BCUT2D eigenvalue weighted by atomic mass is 10.0. The van der Waals surface area contributed by atoms with E-state index in [1.807, 2.05) is 0 Å². The van der Waals surface area contributed by atoms with Gasteiger partial charge in [0.05, 0.1) is 0 Å². The molecule has 1 aromatic carbocycles. The number of fused-ring (bicyclic) bond motifs is 1. The molecule has 0 amide bonds. The highest BCUT2D eigenvalue weighted by Crippen LogP contribution is 2.31. The standard InChI is InChI=1S/C14H22N2O/c1-11(10-17)9-16-8-4-6-13(15)12-5-2-3-7-14(12)16/h2-3,5,7,11,13,17H,4,6,8-10,15H2,1H3. The van der Waals surface area contributed by atoms with Crippen molar-refractivity contribution in [2.75, 3.05) is 24.6 Å². The van der Waals surface area contributed by atoms with Gasteiger partial charge >= 0.3 is 0 Å². The Balaban J connectivity index is 2.25. The van der Waals surface area contributed by atoms with Crippen LogP contribution in [-0.4, -0.2) is 24.8 Å². The minimum absolute atomic E-state index is 0.153. The maximum atomic E-state index is 9.18. The van der Waals surface area contributed by atoms with Crippen LogP contribution in [0, 0.1) is 5.92 Å². The zero-order chi connectivity index (χ0) is 12.3. The maximum absolute atomic E-state index is 9.18. The van der Waals surface area contributed by atoms with Crippen molar-refractivity contribution >= 4 is 5.69 Å². The Bertz CT molecular complexity index is 367. The number of benzene rings is 1. The summed E-state index contributed by atoms with van der Waals surface area (Å²) in [5, 5.41) is 9.18. The number of para-hydroxylation sites is 1. The van der Waals surface area contributed by atoms with Gasteiger partial charge in [-0.05, 0) is 30.4 Å². The van der Waals surface area contributed by atoms with Gasteiger partial charge in [0, 0.05) is 31.4 Å². The molecule has 2 atom stereocenters. The molecule has 94 valence electrons. The molecule has 1 aliphatic rings. The fourth-order valence-electron chi connectivity index (χ4n) is 2.49. The van der Waals surface area contributed by atoms with E-state index in [1.165, 1.54) is 11.3 Å². The number of hydrogen-bond acceptors (Lipinski definition) is 3. The van der Waals surface area contributed by atoms with Gasteiger partial charge < -0.3 is 15.7 Å². The second-order valence-corrected chi connectivity index (χ2v) is 5.04. The summed E-state index contributed by atoms with van der Waals surface area (Å²) in [7, 11) is 0. The minimum Gasteiger partial charge on any atom is -0.396 e. The van der Waals surface area contributed by atoms with E-state index >= 15 is 0 Å². The van der Waals surface area contributed by atoms with Crippen molar-refractivity contribution in [3.8, 4) is 0 Å². The summed E-state index contributed by atoms with van der Waals surface area (Å²) in [5.41, 5.74) is 8.69. The second kappa shape index (κ2) is 5.52. The highest BCUT2D eigenvalue weighted by Gasteiger charge is 2.20. The van der Waals surface area contributed by atoms with E-state index in [1.54, 1.807) is 0 Å². The number of nitrogens with zero attached hydrogens (tertiary/aromatic N) is 1. The van der Waals surface area contributed by atoms with Crippen LogP contribution in [0.4, 0.5) is 5.69 Å². The third-order valence-corrected chi connectivity index (χ3v) is 3.46. The van der Waals surface area contributed by atoms with Crippen LogP contribution in [0.2, 0.25) is 0 Å². The molecule has 3 nitrogen and oxygen atoms in total. The molecule has 0 radical (unpaired) electrons. The van der Waals surface area contributed by atoms with Gasteiger partial charge in [0.25, 0.3) is 0 Å². The molecule has 1 aromatic rings. The quantitative estimate of drug-likeness (QED) is 0.840. The molecule has 1 heterocycles. The topological polar surface area (TPSA) is 49.5 Å². The van der Waals surface area contributed by atoms with Gasteiger partial charge in [-0.3, -0.25) is 0 Å². The van der Waals surface area contributed by atoms with E-state index in [9.17, 15) is 5.11 Å². The summed E-state index contributed by atoms with van der Waals surface area (Å²) in [6.45, 7) is 4.26. The first-order chi connectivity index (χ1) is 8.22. The Morgan fingerprint density at radius 1 is 1.47 bits per heavy atom. The van der Waals surface area contributed by atoms with Crippen LogP contribution in [-0.2, 0) is 0 Å². The predicted octanol–water partition coefficient (Wildman–Crippen LogP) is 1.91. The van der Waals surface area contributed by atoms with Crippen LogP contribution in [0.25, 0.3) is 0 Å². The lowest BCUT2D eigenvalue weighted by Gasteiger charge is -2.27. The summed E-state index contributed by atoms with van der Waals surface area (Å²) >= 11 is 0. The second-order valence-electron chi connectivity index (χ2n) is 5.04. The molecule has 2 rings (SSSR count). The van der Waals surface area contributed by atoms with Gasteiger partial charge in [0.15, 0.2) is 0 Å². The van der Waals surface area contributed by atoms with E-state index in [2.05, 4.69) is 36.1 Å². The molecule has 0 fully saturated rings. The smallest absolute Gasteiger partial charge is 0.0473 e. The largest absolute Gasteiger partial charge is 0.396 e. The maximum Gasteiger partial charge on any atom is 0.0473 e. The number of aliphatic hydroxyl groups is 1. The average molecular weight is 234 g/mol. The highest BCUT2D eigenvalue weighted by molar-refractivity contribution is 5.55. The Hall–Kier alpha value is -1.06. The van der Waals surface area contributed by atoms with Gasteiger partial charge in [-0.2, -0.15) is 0 Å². The van der Waals surface area contributed by atoms with Gasteiger partial charge in [-0.1, -0.05) is 25.1 Å². The fourth-order valence-corrected chi connectivity index (χ4v) is 2.49. The number of rotatable bonds is 3. The van der Waals surface area contributed by atoms with Gasteiger partial charge in [0.2, 0.25) is 0 Å². The molecule has 0 bridgehead atoms. The van der Waals surface area contributed by atoms with E-state index in [4.69, 9.17) is 5.73 Å². The number of anilines is 1. The monoisotopic (exact) mass is 234 g/mol. The van der Waals surface area contributed by atoms with Crippen molar-refractivity contribution in [3.05, 3.63) is 29.8 Å². The van der Waals surface area contributed by atoms with Crippen molar-refractivity contribution in [2.24, 2.45) is 11.7 Å². The molecule has 3 N–H and O–H groups in total. The molecular formula is C14H22N2O. The average Bonchev–Trinajstić information content (AvgIpc) is 2.51. The van der Waals surface area contributed by atoms with Crippen LogP contribution >= 0.6 is 0 Å². The lowest BCUT2D eigenvalue weighted by molar-refractivity contribution is 0.239. The molecule has 0 aromatic heterocycles. The van der Waals surface area contributed by atoms with Crippen molar-refractivity contribution in [1.29, 1.82) is 0 Å². The number of hydrogen-bond donors (Lipinski definition) is 2. The molecule has 1 aliphatic heterocycles. The van der Waals surface area contributed by atoms with Crippen LogP contribution in [0.15, 0.2) is 24.3 Å². The van der Waals surface area contributed by atoms with Gasteiger partial charge in [-0.25, -0.2) is 0 Å². The number of nitrogens with two attached hydrogens (primary N) is 1. The first kappa shape index (κ1) is 12.4. The Morgan fingerprint density at radius 3 is 3.00 bits per heavy atom. The normalized spacial score (nSPS) is 21.8. The van der Waals surface area contributed by atoms with E-state index in [-0.39, 0.29) is 12.6 Å². The first-order valence-electron chi connectivity index (χ1n) is 6.42. The van der Waals surface area contributed by atoms with E-state index in [0.29, 0.717) is 5.92 Å². The Morgan fingerprint density at radius 2 is 2.24 bits per heavy atom. The summed E-state index contributed by atoms with van der Waals surface area (Å²) in [4.78, 5) is 2.36. The van der Waals surface area contributed by atoms with Crippen molar-refractivity contribution in [3.63, 3.8) is 0 Å². The minimum atomic E-state index is 0.153. The zero-order valence-corrected chi connectivity index (χ0v) is 10.5. The Labute approximate surface area is 103 Å². The summed E-state index contributed by atoms with van der Waals surface area (Å²) < 4.78 is 0. The molecule has 2 unspecified atom stereocenters. The third kappa shape index (κ3) is 2.79. The Kier molecular flexibility index (Phi) is 4.02. The molecule has 0 spiro atoms. The highest BCUT2D eigenvalue weighted by atomic mass is 16.3. The SMILES string of the molecule is CC(CO)CN1CCCC(N)c2ccccc21. The number of aliphatic hydroxyl groups excluding tert-OH is 1. The van der Waals surface area contributed by atoms with Gasteiger partial charge in [0.1, 0.15) is 0 Å². The summed E-state index contributed by atoms with van der Waals surface area (Å²) in [6.07, 6.45) is 2.16. The van der Waals surface area contributed by atoms with Crippen molar-refractivity contribution in [1.82, 2.24) is 0 Å². The summed E-state index contributed by atoms with van der Waals surface area (Å²) in [6, 6.07) is 8.54. The van der Waals surface area contributed by atoms with Crippen LogP contribution in [0.1, 0.15) is 31.4 Å². The van der Waals surface area contributed by atoms with Crippen LogP contribution in [0.5, 0.6) is 0 Å². The third-order valence-electron chi connectivity index (χ3n) is 3.46. The van der Waals surface area contributed by atoms with Crippen molar-refractivity contribution < 1.29 is 5.11 Å². The first-order valence-corrected chi connectivity index (χ1v) is 6.42. The molecule has 3 heteroatoms. The van der Waals surface area contributed by atoms with Crippen LogP contribution in [0.3, 0.4) is 0 Å². The van der Waals surface area contributed by atoms with Gasteiger partial charge in [-0.15, -0.1) is 0 Å². The van der Waals surface area contributed by atoms with Crippen LogP contribution < -0.4 is 10.6 Å².